The molecule has 7 heteroatoms. The maximum Gasteiger partial charge on any atom is 0.203 e. The van der Waals surface area contributed by atoms with E-state index in [1.165, 1.54) is 12.8 Å². The molecule has 0 amide bonds. The molecule has 1 aliphatic carbocycles. The van der Waals surface area contributed by atoms with Crippen LogP contribution in [0, 0.1) is 5.92 Å². The highest BCUT2D eigenvalue weighted by Gasteiger charge is 2.21. The van der Waals surface area contributed by atoms with Crippen molar-refractivity contribution in [3.05, 3.63) is 17.7 Å². The molecule has 0 spiro atoms. The van der Waals surface area contributed by atoms with Crippen molar-refractivity contribution in [1.82, 2.24) is 10.2 Å². The van der Waals surface area contributed by atoms with E-state index in [4.69, 9.17) is 18.9 Å². The predicted octanol–water partition coefficient (Wildman–Crippen LogP) is 2.19. The van der Waals surface area contributed by atoms with Gasteiger partial charge < -0.3 is 29.2 Å². The van der Waals surface area contributed by atoms with Crippen LogP contribution in [0.2, 0.25) is 0 Å². The van der Waals surface area contributed by atoms with Crippen molar-refractivity contribution < 1.29 is 18.9 Å². The van der Waals surface area contributed by atoms with E-state index in [1.807, 2.05) is 19.2 Å². The van der Waals surface area contributed by atoms with Gasteiger partial charge in [-0.3, -0.25) is 4.99 Å². The summed E-state index contributed by atoms with van der Waals surface area (Å²) in [6.07, 6.45) is 3.41. The summed E-state index contributed by atoms with van der Waals surface area (Å²) in [7, 11) is 8.69. The number of benzene rings is 1. The van der Waals surface area contributed by atoms with Gasteiger partial charge in [-0.15, -0.1) is 0 Å². The van der Waals surface area contributed by atoms with Crippen LogP contribution in [0.25, 0.3) is 0 Å². The minimum atomic E-state index is 0.617. The smallest absolute Gasteiger partial charge is 0.203 e. The highest BCUT2D eigenvalue weighted by molar-refractivity contribution is 5.79. The molecule has 2 rings (SSSR count). The standard InChI is InChI=1S/C20H33N3O4/c1-21-20(23(2)12-13-27-14-15-6-7-15)22-11-10-16-8-9-17(24-3)19(26-5)18(16)25-4/h8-9,15H,6-7,10-14H2,1-5H3,(H,21,22). The lowest BCUT2D eigenvalue weighted by Crippen LogP contribution is -2.41. The topological polar surface area (TPSA) is 64.6 Å². The van der Waals surface area contributed by atoms with Crippen LogP contribution in [-0.2, 0) is 11.2 Å². The lowest BCUT2D eigenvalue weighted by atomic mass is 10.1. The van der Waals surface area contributed by atoms with Gasteiger partial charge in [0.25, 0.3) is 0 Å². The van der Waals surface area contributed by atoms with Crippen LogP contribution in [0.3, 0.4) is 0 Å². The van der Waals surface area contributed by atoms with Crippen LogP contribution >= 0.6 is 0 Å². The zero-order valence-electron chi connectivity index (χ0n) is 17.2. The molecule has 0 unspecified atom stereocenters. The summed E-state index contributed by atoms with van der Waals surface area (Å²) in [6.45, 7) is 3.15. The van der Waals surface area contributed by atoms with E-state index in [2.05, 4.69) is 15.2 Å². The molecule has 0 bridgehead atoms. The number of hydrogen-bond acceptors (Lipinski definition) is 5. The van der Waals surface area contributed by atoms with E-state index < -0.39 is 0 Å². The average molecular weight is 380 g/mol. The van der Waals surface area contributed by atoms with Gasteiger partial charge in [0.2, 0.25) is 5.75 Å². The molecule has 0 atom stereocenters. The molecule has 1 aromatic carbocycles. The quantitative estimate of drug-likeness (QED) is 0.361. The molecule has 1 N–H and O–H groups in total. The Kier molecular flexibility index (Phi) is 8.51. The Bertz CT molecular complexity index is 617. The van der Waals surface area contributed by atoms with Crippen LogP contribution in [0.5, 0.6) is 17.2 Å². The zero-order valence-corrected chi connectivity index (χ0v) is 17.2. The Labute approximate surface area is 162 Å². The molecule has 0 aromatic heterocycles. The van der Waals surface area contributed by atoms with Crippen molar-refractivity contribution >= 4 is 5.96 Å². The minimum Gasteiger partial charge on any atom is -0.493 e. The van der Waals surface area contributed by atoms with Gasteiger partial charge in [-0.2, -0.15) is 0 Å². The first-order valence-corrected chi connectivity index (χ1v) is 9.41. The number of nitrogens with one attached hydrogen (secondary N) is 1. The molecule has 0 aliphatic heterocycles. The summed E-state index contributed by atoms with van der Waals surface area (Å²) in [5, 5.41) is 3.39. The Balaban J connectivity index is 1.84. The van der Waals surface area contributed by atoms with Gasteiger partial charge in [-0.05, 0) is 31.2 Å². The molecule has 152 valence electrons. The number of aliphatic imine (C=N–C) groups is 1. The Morgan fingerprint density at radius 3 is 2.48 bits per heavy atom. The maximum atomic E-state index is 5.71. The fourth-order valence-electron chi connectivity index (χ4n) is 2.90. The van der Waals surface area contributed by atoms with Gasteiger partial charge in [-0.25, -0.2) is 0 Å². The van der Waals surface area contributed by atoms with E-state index in [-0.39, 0.29) is 0 Å². The Morgan fingerprint density at radius 1 is 1.15 bits per heavy atom. The fourth-order valence-corrected chi connectivity index (χ4v) is 2.90. The fraction of sp³-hybridized carbons (Fsp3) is 0.650. The van der Waals surface area contributed by atoms with Crippen LogP contribution < -0.4 is 19.5 Å². The van der Waals surface area contributed by atoms with Crippen molar-refractivity contribution in [2.24, 2.45) is 10.9 Å². The third-order valence-electron chi connectivity index (χ3n) is 4.66. The second-order valence-corrected chi connectivity index (χ2v) is 6.66. The number of hydrogen-bond donors (Lipinski definition) is 1. The first-order chi connectivity index (χ1) is 13.1. The molecular formula is C20H33N3O4. The van der Waals surface area contributed by atoms with E-state index in [0.29, 0.717) is 17.2 Å². The van der Waals surface area contributed by atoms with E-state index in [9.17, 15) is 0 Å². The van der Waals surface area contributed by atoms with Crippen molar-refractivity contribution in [3.8, 4) is 17.2 Å². The Hall–Kier alpha value is -2.15. The molecule has 1 aliphatic rings. The monoisotopic (exact) mass is 379 g/mol. The lowest BCUT2D eigenvalue weighted by Gasteiger charge is -2.22. The summed E-state index contributed by atoms with van der Waals surface area (Å²) in [4.78, 5) is 6.43. The molecule has 27 heavy (non-hydrogen) atoms. The number of ether oxygens (including phenoxy) is 4. The molecule has 0 radical (unpaired) electrons. The first kappa shape index (κ1) is 21.2. The lowest BCUT2D eigenvalue weighted by molar-refractivity contribution is 0.115. The molecule has 7 nitrogen and oxygen atoms in total. The largest absolute Gasteiger partial charge is 0.493 e. The van der Waals surface area contributed by atoms with Crippen molar-refractivity contribution in [3.63, 3.8) is 0 Å². The second-order valence-electron chi connectivity index (χ2n) is 6.66. The van der Waals surface area contributed by atoms with Gasteiger partial charge in [0.1, 0.15) is 0 Å². The number of nitrogens with zero attached hydrogens (tertiary/aromatic N) is 2. The summed E-state index contributed by atoms with van der Waals surface area (Å²) < 4.78 is 22.0. The van der Waals surface area contributed by atoms with Gasteiger partial charge in [0.15, 0.2) is 17.5 Å². The normalized spacial score (nSPS) is 14.0. The van der Waals surface area contributed by atoms with Crippen molar-refractivity contribution in [2.75, 3.05) is 61.7 Å². The van der Waals surface area contributed by atoms with Gasteiger partial charge in [0.05, 0.1) is 27.9 Å². The minimum absolute atomic E-state index is 0.617. The van der Waals surface area contributed by atoms with Crippen LogP contribution in [-0.4, -0.2) is 72.6 Å². The summed E-state index contributed by atoms with van der Waals surface area (Å²) in [5.74, 6) is 3.63. The highest BCUT2D eigenvalue weighted by Crippen LogP contribution is 2.39. The summed E-state index contributed by atoms with van der Waals surface area (Å²) in [5.41, 5.74) is 1.05. The Morgan fingerprint density at radius 2 is 1.89 bits per heavy atom. The molecule has 0 saturated heterocycles. The van der Waals surface area contributed by atoms with Crippen molar-refractivity contribution in [2.45, 2.75) is 19.3 Å². The van der Waals surface area contributed by atoms with Gasteiger partial charge in [0, 0.05) is 39.4 Å². The van der Waals surface area contributed by atoms with Crippen LogP contribution in [0.4, 0.5) is 0 Å². The van der Waals surface area contributed by atoms with E-state index >= 15 is 0 Å². The number of methoxy groups -OCH3 is 3. The molecule has 1 saturated carbocycles. The molecule has 1 aromatic rings. The van der Waals surface area contributed by atoms with E-state index in [0.717, 1.165) is 50.2 Å². The molecular weight excluding hydrogens is 346 g/mol. The number of rotatable bonds is 11. The second kappa shape index (κ2) is 10.9. The average Bonchev–Trinajstić information content (AvgIpc) is 3.52. The molecule has 0 heterocycles. The van der Waals surface area contributed by atoms with Gasteiger partial charge in [-0.1, -0.05) is 6.07 Å². The highest BCUT2D eigenvalue weighted by atomic mass is 16.5. The number of guanidine groups is 1. The predicted molar refractivity (Wildman–Crippen MR) is 107 cm³/mol. The van der Waals surface area contributed by atoms with E-state index in [1.54, 1.807) is 28.4 Å². The molecule has 1 fully saturated rings. The SMILES string of the molecule is CN=C(NCCc1ccc(OC)c(OC)c1OC)N(C)CCOCC1CC1. The third-order valence-corrected chi connectivity index (χ3v) is 4.66. The third kappa shape index (κ3) is 6.20. The van der Waals surface area contributed by atoms with Crippen LogP contribution in [0.15, 0.2) is 17.1 Å². The zero-order chi connectivity index (χ0) is 19.6. The summed E-state index contributed by atoms with van der Waals surface area (Å²) >= 11 is 0. The van der Waals surface area contributed by atoms with Crippen LogP contribution in [0.1, 0.15) is 18.4 Å². The van der Waals surface area contributed by atoms with Gasteiger partial charge >= 0.3 is 0 Å². The maximum absolute atomic E-state index is 5.71. The first-order valence-electron chi connectivity index (χ1n) is 9.41. The number of likely N-dealkylation sites (N-methyl/N-ethyl adjacent to an activating group) is 1. The van der Waals surface area contributed by atoms with Crippen molar-refractivity contribution in [1.29, 1.82) is 0 Å². The summed E-state index contributed by atoms with van der Waals surface area (Å²) in [6, 6.07) is 3.90.